The van der Waals surface area contributed by atoms with Crippen LogP contribution in [0.2, 0.25) is 0 Å². The van der Waals surface area contributed by atoms with E-state index in [2.05, 4.69) is 6.07 Å². The van der Waals surface area contributed by atoms with Gasteiger partial charge in [-0.1, -0.05) is 17.7 Å². The first-order valence-corrected chi connectivity index (χ1v) is 7.22. The van der Waals surface area contributed by atoms with Crippen molar-refractivity contribution in [1.29, 1.82) is 5.26 Å². The number of ether oxygens (including phenoxy) is 1. The van der Waals surface area contributed by atoms with Gasteiger partial charge in [0.05, 0.1) is 13.2 Å². The summed E-state index contributed by atoms with van der Waals surface area (Å²) < 4.78 is 5.32. The number of Topliss-reactive ketones (excluding diaryl/α,β-unsaturated/α-hetero) is 1. The molecule has 1 aromatic rings. The Hall–Kier alpha value is -1.82. The number of hydrogen-bond acceptors (Lipinski definition) is 3. The normalized spacial score (nSPS) is 28.4. The van der Waals surface area contributed by atoms with Crippen molar-refractivity contribution in [2.45, 2.75) is 32.1 Å². The Kier molecular flexibility index (Phi) is 3.25. The molecule has 3 heteroatoms. The van der Waals surface area contributed by atoms with E-state index in [-0.39, 0.29) is 11.7 Å². The van der Waals surface area contributed by atoms with Crippen LogP contribution in [0.4, 0.5) is 0 Å². The van der Waals surface area contributed by atoms with Crippen molar-refractivity contribution in [3.63, 3.8) is 0 Å². The van der Waals surface area contributed by atoms with E-state index < -0.39 is 5.92 Å². The van der Waals surface area contributed by atoms with Crippen molar-refractivity contribution in [2.24, 2.45) is 17.8 Å². The van der Waals surface area contributed by atoms with Gasteiger partial charge in [-0.25, -0.2) is 0 Å². The topological polar surface area (TPSA) is 50.1 Å². The molecule has 20 heavy (non-hydrogen) atoms. The highest BCUT2D eigenvalue weighted by molar-refractivity contribution is 5.91. The van der Waals surface area contributed by atoms with Gasteiger partial charge in [0, 0.05) is 11.5 Å². The Morgan fingerprint density at radius 3 is 2.65 bits per heavy atom. The molecule has 0 radical (unpaired) electrons. The van der Waals surface area contributed by atoms with Crippen LogP contribution in [0.5, 0.6) is 5.75 Å². The Morgan fingerprint density at radius 2 is 2.05 bits per heavy atom. The van der Waals surface area contributed by atoms with Gasteiger partial charge in [0.15, 0.2) is 5.78 Å². The SMILES string of the molecule is COc1ccc(C)cc1C(C#N)C(=O)C1CC2CC2C1. The van der Waals surface area contributed by atoms with E-state index in [4.69, 9.17) is 4.74 Å². The van der Waals surface area contributed by atoms with E-state index in [1.807, 2.05) is 25.1 Å². The van der Waals surface area contributed by atoms with Gasteiger partial charge in [-0.05, 0) is 44.1 Å². The van der Waals surface area contributed by atoms with E-state index in [0.29, 0.717) is 5.75 Å². The standard InChI is InChI=1S/C17H19NO2/c1-10-3-4-16(20-2)14(5-10)15(9-18)17(19)13-7-11-6-12(11)8-13/h3-5,11-13,15H,6-8H2,1-2H3. The summed E-state index contributed by atoms with van der Waals surface area (Å²) in [6.45, 7) is 1.96. The Morgan fingerprint density at radius 1 is 1.35 bits per heavy atom. The molecule has 1 aromatic carbocycles. The number of hydrogen-bond donors (Lipinski definition) is 0. The molecule has 3 atom stereocenters. The lowest BCUT2D eigenvalue weighted by molar-refractivity contribution is -0.123. The Bertz CT molecular complexity index is 577. The highest BCUT2D eigenvalue weighted by Crippen LogP contribution is 2.55. The molecular formula is C17H19NO2. The summed E-state index contributed by atoms with van der Waals surface area (Å²) in [7, 11) is 1.58. The summed E-state index contributed by atoms with van der Waals surface area (Å²) in [5.74, 6) is 1.62. The van der Waals surface area contributed by atoms with Gasteiger partial charge >= 0.3 is 0 Å². The summed E-state index contributed by atoms with van der Waals surface area (Å²) in [5, 5.41) is 9.47. The number of carbonyl (C=O) groups is 1. The molecule has 0 amide bonds. The molecule has 3 rings (SSSR count). The molecule has 3 nitrogen and oxygen atoms in total. The van der Waals surface area contributed by atoms with Crippen molar-refractivity contribution in [2.75, 3.05) is 7.11 Å². The molecule has 0 aliphatic heterocycles. The number of ketones is 1. The number of nitriles is 1. The highest BCUT2D eigenvalue weighted by atomic mass is 16.5. The second-order valence-electron chi connectivity index (χ2n) is 6.13. The van der Waals surface area contributed by atoms with Gasteiger partial charge in [-0.2, -0.15) is 5.26 Å². The first-order chi connectivity index (χ1) is 9.63. The van der Waals surface area contributed by atoms with Gasteiger partial charge in [0.1, 0.15) is 11.7 Å². The lowest BCUT2D eigenvalue weighted by Crippen LogP contribution is -2.21. The van der Waals surface area contributed by atoms with Crippen molar-refractivity contribution in [3.8, 4) is 11.8 Å². The van der Waals surface area contributed by atoms with E-state index in [0.717, 1.165) is 35.8 Å². The molecular weight excluding hydrogens is 250 g/mol. The molecule has 0 N–H and O–H groups in total. The molecule has 0 heterocycles. The monoisotopic (exact) mass is 269 g/mol. The predicted octanol–water partition coefficient (Wildman–Crippen LogP) is 3.23. The Balaban J connectivity index is 1.87. The second kappa shape index (κ2) is 4.94. The molecule has 2 aliphatic rings. The van der Waals surface area contributed by atoms with Crippen LogP contribution in [0, 0.1) is 36.0 Å². The number of fused-ring (bicyclic) bond motifs is 1. The van der Waals surface area contributed by atoms with Crippen LogP contribution in [-0.2, 0) is 4.79 Å². The average molecular weight is 269 g/mol. The molecule has 104 valence electrons. The third-order valence-electron chi connectivity index (χ3n) is 4.76. The largest absolute Gasteiger partial charge is 0.496 e. The molecule has 0 bridgehead atoms. The van der Waals surface area contributed by atoms with Crippen molar-refractivity contribution >= 4 is 5.78 Å². The van der Waals surface area contributed by atoms with Crippen molar-refractivity contribution < 1.29 is 9.53 Å². The zero-order valence-electron chi connectivity index (χ0n) is 11.9. The minimum atomic E-state index is -0.688. The number of methoxy groups -OCH3 is 1. The molecule has 3 unspecified atom stereocenters. The third kappa shape index (κ3) is 2.20. The molecule has 0 aromatic heterocycles. The summed E-state index contributed by atoms with van der Waals surface area (Å²) in [4.78, 5) is 12.6. The third-order valence-corrected chi connectivity index (χ3v) is 4.76. The van der Waals surface area contributed by atoms with Crippen LogP contribution in [0.3, 0.4) is 0 Å². The zero-order chi connectivity index (χ0) is 14.3. The van der Waals surface area contributed by atoms with Crippen LogP contribution in [0.15, 0.2) is 18.2 Å². The van der Waals surface area contributed by atoms with Crippen LogP contribution in [0.1, 0.15) is 36.3 Å². The van der Waals surface area contributed by atoms with Crippen LogP contribution in [-0.4, -0.2) is 12.9 Å². The fourth-order valence-corrected chi connectivity index (χ4v) is 3.55. The van der Waals surface area contributed by atoms with Crippen LogP contribution < -0.4 is 4.74 Å². The van der Waals surface area contributed by atoms with E-state index in [9.17, 15) is 10.1 Å². The number of nitrogens with zero attached hydrogens (tertiary/aromatic N) is 1. The average Bonchev–Trinajstić information content (AvgIpc) is 3.06. The van der Waals surface area contributed by atoms with E-state index in [1.54, 1.807) is 7.11 Å². The second-order valence-corrected chi connectivity index (χ2v) is 6.13. The quantitative estimate of drug-likeness (QED) is 0.843. The molecule has 2 saturated carbocycles. The van der Waals surface area contributed by atoms with Gasteiger partial charge in [-0.3, -0.25) is 4.79 Å². The smallest absolute Gasteiger partial charge is 0.157 e. The van der Waals surface area contributed by atoms with Crippen molar-refractivity contribution in [1.82, 2.24) is 0 Å². The number of aryl methyl sites for hydroxylation is 1. The number of benzene rings is 1. The summed E-state index contributed by atoms with van der Waals surface area (Å²) in [6, 6.07) is 7.88. The highest BCUT2D eigenvalue weighted by Gasteiger charge is 2.49. The minimum absolute atomic E-state index is 0.0774. The minimum Gasteiger partial charge on any atom is -0.496 e. The lowest BCUT2D eigenvalue weighted by Gasteiger charge is -2.17. The first-order valence-electron chi connectivity index (χ1n) is 7.22. The predicted molar refractivity (Wildman–Crippen MR) is 75.4 cm³/mol. The van der Waals surface area contributed by atoms with Crippen molar-refractivity contribution in [3.05, 3.63) is 29.3 Å². The maximum Gasteiger partial charge on any atom is 0.157 e. The maximum absolute atomic E-state index is 12.6. The van der Waals surface area contributed by atoms with E-state index >= 15 is 0 Å². The van der Waals surface area contributed by atoms with Gasteiger partial charge in [0.25, 0.3) is 0 Å². The van der Waals surface area contributed by atoms with Crippen LogP contribution >= 0.6 is 0 Å². The van der Waals surface area contributed by atoms with Gasteiger partial charge < -0.3 is 4.74 Å². The number of carbonyl (C=O) groups excluding carboxylic acids is 1. The number of rotatable bonds is 4. The van der Waals surface area contributed by atoms with Crippen LogP contribution in [0.25, 0.3) is 0 Å². The summed E-state index contributed by atoms with van der Waals surface area (Å²) in [5.41, 5.74) is 1.77. The first kappa shape index (κ1) is 13.2. The lowest BCUT2D eigenvalue weighted by atomic mass is 9.85. The molecule has 2 aliphatic carbocycles. The summed E-state index contributed by atoms with van der Waals surface area (Å²) >= 11 is 0. The van der Waals surface area contributed by atoms with E-state index in [1.165, 1.54) is 6.42 Å². The molecule has 0 spiro atoms. The fourth-order valence-electron chi connectivity index (χ4n) is 3.55. The van der Waals surface area contributed by atoms with Gasteiger partial charge in [0.2, 0.25) is 0 Å². The maximum atomic E-state index is 12.6. The zero-order valence-corrected chi connectivity index (χ0v) is 11.9. The summed E-state index contributed by atoms with van der Waals surface area (Å²) in [6.07, 6.45) is 3.25. The molecule has 2 fully saturated rings. The molecule has 0 saturated heterocycles. The van der Waals surface area contributed by atoms with Gasteiger partial charge in [-0.15, -0.1) is 0 Å². The fraction of sp³-hybridized carbons (Fsp3) is 0.529. The Labute approximate surface area is 119 Å².